The first kappa shape index (κ1) is 19.2. The summed E-state index contributed by atoms with van der Waals surface area (Å²) >= 11 is 0. The van der Waals surface area contributed by atoms with Crippen molar-refractivity contribution in [1.82, 2.24) is 0 Å². The zero-order valence-corrected chi connectivity index (χ0v) is 15.5. The molecule has 0 aliphatic heterocycles. The quantitative estimate of drug-likeness (QED) is 0.563. The molecule has 0 bridgehead atoms. The SMILES string of the molecule is CCCC(Pc1ccc(F)cc1C=O)c1cc(OC)cc(OC)c1O. The van der Waals surface area contributed by atoms with Crippen molar-refractivity contribution in [3.8, 4) is 17.2 Å². The molecule has 0 heterocycles. The minimum Gasteiger partial charge on any atom is -0.504 e. The van der Waals surface area contributed by atoms with Crippen LogP contribution in [0.25, 0.3) is 0 Å². The lowest BCUT2D eigenvalue weighted by molar-refractivity contribution is 0.112. The molecular weight excluding hydrogens is 342 g/mol. The molecule has 0 saturated heterocycles. The molecule has 0 radical (unpaired) electrons. The Morgan fingerprint density at radius 2 is 2.00 bits per heavy atom. The molecular formula is C19H22FO4P. The molecule has 2 atom stereocenters. The van der Waals surface area contributed by atoms with Crippen LogP contribution in [0.15, 0.2) is 30.3 Å². The number of carbonyl (C=O) groups excluding carboxylic acids is 1. The highest BCUT2D eigenvalue weighted by molar-refractivity contribution is 7.47. The van der Waals surface area contributed by atoms with E-state index in [1.165, 1.54) is 19.2 Å². The van der Waals surface area contributed by atoms with E-state index >= 15 is 0 Å². The van der Waals surface area contributed by atoms with Crippen molar-refractivity contribution < 1.29 is 23.8 Å². The van der Waals surface area contributed by atoms with Crippen molar-refractivity contribution in [2.45, 2.75) is 25.4 Å². The fourth-order valence-corrected chi connectivity index (χ4v) is 4.35. The third-order valence-corrected chi connectivity index (χ3v) is 5.67. The second kappa shape index (κ2) is 8.82. The fourth-order valence-electron chi connectivity index (χ4n) is 2.69. The lowest BCUT2D eigenvalue weighted by Gasteiger charge is -2.21. The number of aromatic hydroxyl groups is 1. The van der Waals surface area contributed by atoms with Gasteiger partial charge in [0, 0.05) is 22.9 Å². The molecule has 0 aliphatic rings. The largest absolute Gasteiger partial charge is 0.504 e. The third-order valence-electron chi connectivity index (χ3n) is 3.96. The summed E-state index contributed by atoms with van der Waals surface area (Å²) in [5.41, 5.74) is 1.02. The average Bonchev–Trinajstić information content (AvgIpc) is 2.62. The lowest BCUT2D eigenvalue weighted by atomic mass is 10.1. The van der Waals surface area contributed by atoms with E-state index in [1.807, 2.05) is 0 Å². The Labute approximate surface area is 148 Å². The minimum absolute atomic E-state index is 0.0295. The van der Waals surface area contributed by atoms with Gasteiger partial charge in [0.25, 0.3) is 0 Å². The number of hydrogen-bond acceptors (Lipinski definition) is 4. The molecule has 1 N–H and O–H groups in total. The van der Waals surface area contributed by atoms with Crippen molar-refractivity contribution in [2.24, 2.45) is 0 Å². The Hall–Kier alpha value is -2.13. The standard InChI is InChI=1S/C19H22FO4P/c1-4-5-18(25-17-7-6-13(20)8-12(17)11-21)15-9-14(23-2)10-16(24-3)19(15)22/h6-11,18,22,25H,4-5H2,1-3H3. The van der Waals surface area contributed by atoms with E-state index in [0.29, 0.717) is 28.9 Å². The van der Waals surface area contributed by atoms with Crippen LogP contribution in [0.3, 0.4) is 0 Å². The van der Waals surface area contributed by atoms with Crippen LogP contribution >= 0.6 is 8.58 Å². The number of benzene rings is 2. The zero-order valence-electron chi connectivity index (χ0n) is 14.5. The van der Waals surface area contributed by atoms with E-state index in [2.05, 4.69) is 6.92 Å². The van der Waals surface area contributed by atoms with Gasteiger partial charge in [-0.3, -0.25) is 4.79 Å². The first-order chi connectivity index (χ1) is 12.0. The Morgan fingerprint density at radius 1 is 1.24 bits per heavy atom. The number of methoxy groups -OCH3 is 2. The van der Waals surface area contributed by atoms with Crippen LogP contribution in [-0.4, -0.2) is 25.6 Å². The number of halogens is 1. The fraction of sp³-hybridized carbons (Fsp3) is 0.316. The number of carbonyl (C=O) groups is 1. The summed E-state index contributed by atoms with van der Waals surface area (Å²) < 4.78 is 23.9. The minimum atomic E-state index is -0.436. The van der Waals surface area contributed by atoms with Gasteiger partial charge < -0.3 is 14.6 Å². The summed E-state index contributed by atoms with van der Waals surface area (Å²) in [5, 5.41) is 11.3. The third kappa shape index (κ3) is 4.49. The number of phenols is 1. The molecule has 2 rings (SSSR count). The molecule has 25 heavy (non-hydrogen) atoms. The molecule has 0 aliphatic carbocycles. The van der Waals surface area contributed by atoms with E-state index in [9.17, 15) is 14.3 Å². The van der Waals surface area contributed by atoms with Crippen LogP contribution < -0.4 is 14.8 Å². The van der Waals surface area contributed by atoms with Gasteiger partial charge in [-0.25, -0.2) is 4.39 Å². The van der Waals surface area contributed by atoms with Crippen molar-refractivity contribution >= 4 is 20.2 Å². The summed E-state index contributed by atoms with van der Waals surface area (Å²) in [7, 11) is 3.24. The highest BCUT2D eigenvalue weighted by Crippen LogP contribution is 2.47. The van der Waals surface area contributed by atoms with Crippen molar-refractivity contribution in [2.75, 3.05) is 14.2 Å². The molecule has 0 spiro atoms. The second-order valence-corrected chi connectivity index (χ2v) is 7.13. The highest BCUT2D eigenvalue weighted by Gasteiger charge is 2.21. The molecule has 6 heteroatoms. The summed E-state index contributed by atoms with van der Waals surface area (Å²) in [6.45, 7) is 2.05. The molecule has 134 valence electrons. The number of ether oxygens (including phenoxy) is 2. The van der Waals surface area contributed by atoms with Crippen LogP contribution in [0.4, 0.5) is 4.39 Å². The van der Waals surface area contributed by atoms with E-state index in [1.54, 1.807) is 25.3 Å². The predicted molar refractivity (Wildman–Crippen MR) is 98.6 cm³/mol. The maximum Gasteiger partial charge on any atom is 0.164 e. The number of phenolic OH excluding ortho intramolecular Hbond substituents is 1. The Balaban J connectivity index is 2.47. The van der Waals surface area contributed by atoms with Crippen LogP contribution in [0, 0.1) is 5.82 Å². The van der Waals surface area contributed by atoms with E-state index in [-0.39, 0.29) is 20.0 Å². The Kier molecular flexibility index (Phi) is 6.77. The van der Waals surface area contributed by atoms with Gasteiger partial charge in [-0.1, -0.05) is 28.0 Å². The van der Waals surface area contributed by atoms with E-state index < -0.39 is 5.82 Å². The van der Waals surface area contributed by atoms with Gasteiger partial charge in [0.1, 0.15) is 11.6 Å². The van der Waals surface area contributed by atoms with E-state index in [4.69, 9.17) is 9.47 Å². The summed E-state index contributed by atoms with van der Waals surface area (Å²) in [5.74, 6) is 0.567. The van der Waals surface area contributed by atoms with E-state index in [0.717, 1.165) is 18.1 Å². The topological polar surface area (TPSA) is 55.8 Å². The summed E-state index contributed by atoms with van der Waals surface area (Å²) in [6, 6.07) is 7.64. The molecule has 0 saturated carbocycles. The lowest BCUT2D eigenvalue weighted by Crippen LogP contribution is -2.08. The Morgan fingerprint density at radius 3 is 2.60 bits per heavy atom. The average molecular weight is 364 g/mol. The summed E-state index contributed by atoms with van der Waals surface area (Å²) in [6.07, 6.45) is 2.37. The van der Waals surface area contributed by atoms with Crippen LogP contribution in [0.2, 0.25) is 0 Å². The smallest absolute Gasteiger partial charge is 0.164 e. The van der Waals surface area contributed by atoms with Gasteiger partial charge in [0.15, 0.2) is 17.8 Å². The van der Waals surface area contributed by atoms with Gasteiger partial charge in [0.05, 0.1) is 14.2 Å². The Bertz CT molecular complexity index is 748. The van der Waals surface area contributed by atoms with Gasteiger partial charge in [-0.2, -0.15) is 0 Å². The number of hydrogen-bond donors (Lipinski definition) is 1. The number of aldehydes is 1. The normalized spacial score (nSPS) is 12.3. The molecule has 0 fully saturated rings. The van der Waals surface area contributed by atoms with Crippen molar-refractivity contribution in [3.63, 3.8) is 0 Å². The van der Waals surface area contributed by atoms with Crippen LogP contribution in [-0.2, 0) is 0 Å². The molecule has 2 aromatic rings. The predicted octanol–water partition coefficient (Wildman–Crippen LogP) is 4.21. The zero-order chi connectivity index (χ0) is 18.4. The highest BCUT2D eigenvalue weighted by atomic mass is 31.1. The molecule has 0 amide bonds. The molecule has 4 nitrogen and oxygen atoms in total. The van der Waals surface area contributed by atoms with Crippen LogP contribution in [0.5, 0.6) is 17.2 Å². The maximum atomic E-state index is 13.4. The maximum absolute atomic E-state index is 13.4. The molecule has 0 aromatic heterocycles. The first-order valence-corrected chi connectivity index (χ1v) is 9.07. The summed E-state index contributed by atoms with van der Waals surface area (Å²) in [4.78, 5) is 11.3. The van der Waals surface area contributed by atoms with Crippen LogP contribution in [0.1, 0.15) is 41.3 Å². The van der Waals surface area contributed by atoms with Gasteiger partial charge in [0.2, 0.25) is 0 Å². The monoisotopic (exact) mass is 364 g/mol. The van der Waals surface area contributed by atoms with Gasteiger partial charge >= 0.3 is 0 Å². The number of rotatable bonds is 8. The van der Waals surface area contributed by atoms with Gasteiger partial charge in [-0.15, -0.1) is 0 Å². The van der Waals surface area contributed by atoms with Crippen molar-refractivity contribution in [3.05, 3.63) is 47.3 Å². The van der Waals surface area contributed by atoms with Gasteiger partial charge in [-0.05, 0) is 29.9 Å². The molecule has 2 unspecified atom stereocenters. The second-order valence-electron chi connectivity index (χ2n) is 5.60. The molecule has 2 aromatic carbocycles. The van der Waals surface area contributed by atoms with Crippen molar-refractivity contribution in [1.29, 1.82) is 0 Å². The first-order valence-electron chi connectivity index (χ1n) is 8.00.